The van der Waals surface area contributed by atoms with E-state index in [-0.39, 0.29) is 11.3 Å². The Morgan fingerprint density at radius 1 is 1.25 bits per heavy atom. The summed E-state index contributed by atoms with van der Waals surface area (Å²) in [5, 5.41) is 6.99. The summed E-state index contributed by atoms with van der Waals surface area (Å²) in [4.78, 5) is 12.9. The molecule has 1 aromatic rings. The van der Waals surface area contributed by atoms with Crippen LogP contribution in [-0.2, 0) is 11.2 Å². The summed E-state index contributed by atoms with van der Waals surface area (Å²) in [6.45, 7) is 1.77. The van der Waals surface area contributed by atoms with Gasteiger partial charge in [-0.05, 0) is 31.4 Å². The van der Waals surface area contributed by atoms with E-state index < -0.39 is 0 Å². The van der Waals surface area contributed by atoms with Gasteiger partial charge in [0.15, 0.2) is 0 Å². The molecule has 1 heterocycles. The number of benzene rings is 1. The van der Waals surface area contributed by atoms with Gasteiger partial charge in [0.05, 0.1) is 5.41 Å². The Balaban J connectivity index is 2.23. The van der Waals surface area contributed by atoms with Gasteiger partial charge in [0, 0.05) is 27.7 Å². The molecular formula is C16H25N3O. The fourth-order valence-electron chi connectivity index (χ4n) is 2.89. The van der Waals surface area contributed by atoms with Crippen molar-refractivity contribution < 1.29 is 4.79 Å². The summed E-state index contributed by atoms with van der Waals surface area (Å²) in [5.41, 5.74) is 0.912. The zero-order chi connectivity index (χ0) is 14.6. The highest BCUT2D eigenvalue weighted by Gasteiger charge is 2.41. The van der Waals surface area contributed by atoms with Crippen LogP contribution in [0.3, 0.4) is 0 Å². The second kappa shape index (κ2) is 6.37. The molecule has 1 atom stereocenters. The number of hydrazine groups is 1. The van der Waals surface area contributed by atoms with Crippen LogP contribution in [0.1, 0.15) is 18.4 Å². The van der Waals surface area contributed by atoms with E-state index in [0.29, 0.717) is 0 Å². The van der Waals surface area contributed by atoms with Gasteiger partial charge in [-0.15, -0.1) is 0 Å². The molecule has 0 aromatic heterocycles. The lowest BCUT2D eigenvalue weighted by molar-refractivity contribution is -0.154. The molecule has 1 amide bonds. The van der Waals surface area contributed by atoms with Crippen LogP contribution in [0.25, 0.3) is 0 Å². The molecule has 0 saturated carbocycles. The Morgan fingerprint density at radius 3 is 2.50 bits per heavy atom. The smallest absolute Gasteiger partial charge is 0.244 e. The minimum atomic E-state index is -0.321. The third kappa shape index (κ3) is 3.19. The number of carbonyl (C=O) groups is 1. The molecule has 4 nitrogen and oxygen atoms in total. The molecule has 0 bridgehead atoms. The van der Waals surface area contributed by atoms with E-state index in [0.717, 1.165) is 32.4 Å². The van der Waals surface area contributed by atoms with Gasteiger partial charge >= 0.3 is 0 Å². The number of nitrogens with one attached hydrogen (secondary N) is 1. The molecular weight excluding hydrogens is 250 g/mol. The van der Waals surface area contributed by atoms with E-state index in [1.54, 1.807) is 5.01 Å². The Labute approximate surface area is 121 Å². The SMILES string of the molecule is CN(C)N(C)C(=O)C1(Cc2ccccc2)CCCNC1. The summed E-state index contributed by atoms with van der Waals surface area (Å²) in [7, 11) is 5.67. The lowest BCUT2D eigenvalue weighted by Gasteiger charge is -2.40. The maximum atomic E-state index is 12.9. The predicted octanol–water partition coefficient (Wildman–Crippen LogP) is 1.53. The first-order chi connectivity index (χ1) is 9.55. The van der Waals surface area contributed by atoms with Crippen molar-refractivity contribution in [2.24, 2.45) is 5.41 Å². The third-order valence-corrected chi connectivity index (χ3v) is 4.21. The molecule has 0 spiro atoms. The highest BCUT2D eigenvalue weighted by atomic mass is 16.2. The van der Waals surface area contributed by atoms with Crippen molar-refractivity contribution in [1.29, 1.82) is 0 Å². The van der Waals surface area contributed by atoms with Crippen molar-refractivity contribution in [2.45, 2.75) is 19.3 Å². The second-order valence-corrected chi connectivity index (χ2v) is 5.90. The van der Waals surface area contributed by atoms with Crippen molar-refractivity contribution >= 4 is 5.91 Å². The summed E-state index contributed by atoms with van der Waals surface area (Å²) >= 11 is 0. The van der Waals surface area contributed by atoms with Crippen molar-refractivity contribution in [3.05, 3.63) is 35.9 Å². The third-order valence-electron chi connectivity index (χ3n) is 4.21. The number of carbonyl (C=O) groups excluding carboxylic acids is 1. The monoisotopic (exact) mass is 275 g/mol. The van der Waals surface area contributed by atoms with Crippen LogP contribution in [0.2, 0.25) is 0 Å². The molecule has 1 aliphatic heterocycles. The van der Waals surface area contributed by atoms with Crippen LogP contribution in [0.4, 0.5) is 0 Å². The van der Waals surface area contributed by atoms with Gasteiger partial charge < -0.3 is 5.32 Å². The Kier molecular flexibility index (Phi) is 4.78. The number of nitrogens with zero attached hydrogens (tertiary/aromatic N) is 2. The fourth-order valence-corrected chi connectivity index (χ4v) is 2.89. The molecule has 0 radical (unpaired) electrons. The van der Waals surface area contributed by atoms with E-state index in [1.807, 2.05) is 44.4 Å². The molecule has 1 aromatic carbocycles. The van der Waals surface area contributed by atoms with Crippen LogP contribution in [0, 0.1) is 5.41 Å². The molecule has 1 aliphatic rings. The summed E-state index contributed by atoms with van der Waals surface area (Å²) in [5.74, 6) is 0.207. The number of piperidine rings is 1. The number of amides is 1. The molecule has 110 valence electrons. The molecule has 1 saturated heterocycles. The average molecular weight is 275 g/mol. The van der Waals surface area contributed by atoms with Crippen LogP contribution in [-0.4, -0.2) is 50.2 Å². The number of rotatable bonds is 4. The van der Waals surface area contributed by atoms with Gasteiger partial charge in [0.2, 0.25) is 5.91 Å². The first kappa shape index (κ1) is 15.0. The number of hydrogen-bond acceptors (Lipinski definition) is 3. The van der Waals surface area contributed by atoms with Crippen LogP contribution < -0.4 is 5.32 Å². The first-order valence-corrected chi connectivity index (χ1v) is 7.25. The van der Waals surface area contributed by atoms with Gasteiger partial charge in [-0.25, -0.2) is 5.01 Å². The molecule has 20 heavy (non-hydrogen) atoms. The van der Waals surface area contributed by atoms with Crippen molar-refractivity contribution in [2.75, 3.05) is 34.2 Å². The Bertz CT molecular complexity index is 438. The molecule has 1 N–H and O–H groups in total. The average Bonchev–Trinajstić information content (AvgIpc) is 2.47. The minimum absolute atomic E-state index is 0.207. The van der Waals surface area contributed by atoms with Gasteiger partial charge in [0.25, 0.3) is 0 Å². The number of hydrogen-bond donors (Lipinski definition) is 1. The molecule has 0 aliphatic carbocycles. The van der Waals surface area contributed by atoms with Gasteiger partial charge in [-0.2, -0.15) is 0 Å². The lowest BCUT2D eigenvalue weighted by atomic mass is 9.74. The first-order valence-electron chi connectivity index (χ1n) is 7.25. The minimum Gasteiger partial charge on any atom is -0.316 e. The maximum absolute atomic E-state index is 12.9. The summed E-state index contributed by atoms with van der Waals surface area (Å²) in [6, 6.07) is 10.3. The van der Waals surface area contributed by atoms with Gasteiger partial charge in [-0.3, -0.25) is 9.80 Å². The van der Waals surface area contributed by atoms with Crippen LogP contribution >= 0.6 is 0 Å². The molecule has 2 rings (SSSR count). The van der Waals surface area contributed by atoms with E-state index in [9.17, 15) is 4.79 Å². The van der Waals surface area contributed by atoms with E-state index in [1.165, 1.54) is 5.56 Å². The quantitative estimate of drug-likeness (QED) is 0.847. The van der Waals surface area contributed by atoms with E-state index in [2.05, 4.69) is 17.4 Å². The van der Waals surface area contributed by atoms with Crippen molar-refractivity contribution in [1.82, 2.24) is 15.3 Å². The van der Waals surface area contributed by atoms with Crippen LogP contribution in [0.15, 0.2) is 30.3 Å². The van der Waals surface area contributed by atoms with E-state index >= 15 is 0 Å². The zero-order valence-electron chi connectivity index (χ0n) is 12.7. The molecule has 4 heteroatoms. The topological polar surface area (TPSA) is 35.6 Å². The van der Waals surface area contributed by atoms with Gasteiger partial charge in [-0.1, -0.05) is 30.3 Å². The summed E-state index contributed by atoms with van der Waals surface area (Å²) < 4.78 is 0. The largest absolute Gasteiger partial charge is 0.316 e. The highest BCUT2D eigenvalue weighted by molar-refractivity contribution is 5.83. The molecule has 1 unspecified atom stereocenters. The maximum Gasteiger partial charge on any atom is 0.244 e. The zero-order valence-corrected chi connectivity index (χ0v) is 12.7. The van der Waals surface area contributed by atoms with Crippen molar-refractivity contribution in [3.63, 3.8) is 0 Å². The Morgan fingerprint density at radius 2 is 1.95 bits per heavy atom. The highest BCUT2D eigenvalue weighted by Crippen LogP contribution is 2.32. The van der Waals surface area contributed by atoms with Gasteiger partial charge in [0.1, 0.15) is 0 Å². The lowest BCUT2D eigenvalue weighted by Crippen LogP contribution is -2.55. The Hall–Kier alpha value is -1.39. The summed E-state index contributed by atoms with van der Waals surface area (Å²) in [6.07, 6.45) is 2.81. The van der Waals surface area contributed by atoms with E-state index in [4.69, 9.17) is 0 Å². The molecule has 1 fully saturated rings. The normalized spacial score (nSPS) is 22.8. The predicted molar refractivity (Wildman–Crippen MR) is 81.1 cm³/mol. The van der Waals surface area contributed by atoms with Crippen LogP contribution in [0.5, 0.6) is 0 Å². The van der Waals surface area contributed by atoms with Crippen molar-refractivity contribution in [3.8, 4) is 0 Å². The fraction of sp³-hybridized carbons (Fsp3) is 0.562. The second-order valence-electron chi connectivity index (χ2n) is 5.90. The standard InChI is InChI=1S/C16H25N3O/c1-18(2)19(3)15(20)16(10-7-11-17-13-16)12-14-8-5-4-6-9-14/h4-6,8-9,17H,7,10-13H2,1-3H3.